The van der Waals surface area contributed by atoms with Crippen molar-refractivity contribution in [1.29, 1.82) is 0 Å². The topological polar surface area (TPSA) is 90.9 Å². The van der Waals surface area contributed by atoms with Crippen molar-refractivity contribution in [3.63, 3.8) is 0 Å². The zero-order valence-electron chi connectivity index (χ0n) is 11.9. The second-order valence-corrected chi connectivity index (χ2v) is 5.14. The molecule has 2 aromatic heterocycles. The molecule has 6 nitrogen and oxygen atoms in total. The highest BCUT2D eigenvalue weighted by molar-refractivity contribution is 6.08. The van der Waals surface area contributed by atoms with Crippen LogP contribution in [0.5, 0.6) is 0 Å². The number of nitrogens with zero attached hydrogens (tertiary/aromatic N) is 2. The molecule has 4 aromatic rings. The van der Waals surface area contributed by atoms with Crippen LogP contribution in [0.3, 0.4) is 0 Å². The summed E-state index contributed by atoms with van der Waals surface area (Å²) in [7, 11) is 0. The number of anilines is 2. The Hall–Kier alpha value is -3.41. The lowest BCUT2D eigenvalue weighted by molar-refractivity contribution is 0.0697. The van der Waals surface area contributed by atoms with Gasteiger partial charge in [-0.25, -0.2) is 9.78 Å². The van der Waals surface area contributed by atoms with E-state index in [9.17, 15) is 4.79 Å². The Morgan fingerprint density at radius 2 is 1.83 bits per heavy atom. The molecule has 0 unspecified atom stereocenters. The first kappa shape index (κ1) is 13.3. The van der Waals surface area contributed by atoms with Gasteiger partial charge in [-0.2, -0.15) is 5.10 Å². The molecule has 4 rings (SSSR count). The summed E-state index contributed by atoms with van der Waals surface area (Å²) in [6.45, 7) is 0. The summed E-state index contributed by atoms with van der Waals surface area (Å²) in [4.78, 5) is 15.5. The number of aromatic amines is 1. The number of carboxylic acids is 1. The molecule has 0 atom stereocenters. The Morgan fingerprint density at radius 3 is 2.61 bits per heavy atom. The van der Waals surface area contributed by atoms with Gasteiger partial charge in [-0.1, -0.05) is 18.2 Å². The van der Waals surface area contributed by atoms with Gasteiger partial charge < -0.3 is 10.4 Å². The smallest absolute Gasteiger partial charge is 0.335 e. The molecule has 0 bridgehead atoms. The van der Waals surface area contributed by atoms with Gasteiger partial charge in [0.25, 0.3) is 0 Å². The lowest BCUT2D eigenvalue weighted by atomic mass is 10.1. The summed E-state index contributed by atoms with van der Waals surface area (Å²) < 4.78 is 0. The largest absolute Gasteiger partial charge is 0.478 e. The van der Waals surface area contributed by atoms with Gasteiger partial charge >= 0.3 is 5.97 Å². The van der Waals surface area contributed by atoms with E-state index in [1.807, 2.05) is 24.3 Å². The molecule has 0 aliphatic rings. The average Bonchev–Trinajstić information content (AvgIpc) is 3.06. The van der Waals surface area contributed by atoms with E-state index in [1.54, 1.807) is 30.5 Å². The van der Waals surface area contributed by atoms with E-state index in [0.717, 1.165) is 27.5 Å². The van der Waals surface area contributed by atoms with Gasteiger partial charge in [-0.3, -0.25) is 5.10 Å². The van der Waals surface area contributed by atoms with Crippen molar-refractivity contribution in [2.24, 2.45) is 0 Å². The molecule has 6 heteroatoms. The average molecular weight is 304 g/mol. The third-order valence-electron chi connectivity index (χ3n) is 3.70. The number of para-hydroxylation sites is 1. The second-order valence-electron chi connectivity index (χ2n) is 5.14. The Balaban J connectivity index is 1.81. The number of carbonyl (C=O) groups is 1. The van der Waals surface area contributed by atoms with Gasteiger partial charge in [0, 0.05) is 16.5 Å². The summed E-state index contributed by atoms with van der Waals surface area (Å²) in [5, 5.41) is 21.3. The highest BCUT2D eigenvalue weighted by atomic mass is 16.4. The molecule has 0 radical (unpaired) electrons. The maximum absolute atomic E-state index is 10.9. The highest BCUT2D eigenvalue weighted by Gasteiger charge is 2.10. The number of carboxylic acid groups (broad SMARTS) is 1. The Kier molecular flexibility index (Phi) is 2.94. The van der Waals surface area contributed by atoms with Crippen molar-refractivity contribution in [2.75, 3.05) is 5.32 Å². The minimum atomic E-state index is -0.948. The number of aromatic nitrogens is 3. The molecule has 0 aliphatic heterocycles. The van der Waals surface area contributed by atoms with Crippen LogP contribution in [0, 0.1) is 0 Å². The molecule has 0 amide bonds. The van der Waals surface area contributed by atoms with Gasteiger partial charge in [0.15, 0.2) is 5.82 Å². The van der Waals surface area contributed by atoms with E-state index < -0.39 is 5.97 Å². The Bertz CT molecular complexity index is 1020. The standard InChI is InChI=1S/C17H12N4O2/c22-17(23)10-5-7-11(8-6-10)19-16-15-13(9-18-21-15)12-3-1-2-4-14(12)20-16/h1-9H,(H,18,21)(H,19,20)(H,22,23). The molecule has 0 fully saturated rings. The Morgan fingerprint density at radius 1 is 1.04 bits per heavy atom. The zero-order chi connectivity index (χ0) is 15.8. The fraction of sp³-hybridized carbons (Fsp3) is 0. The maximum atomic E-state index is 10.9. The van der Waals surface area contributed by atoms with E-state index in [2.05, 4.69) is 20.5 Å². The molecule has 0 aliphatic carbocycles. The van der Waals surface area contributed by atoms with Gasteiger partial charge in [-0.05, 0) is 30.3 Å². The van der Waals surface area contributed by atoms with Gasteiger partial charge in [-0.15, -0.1) is 0 Å². The fourth-order valence-electron chi connectivity index (χ4n) is 2.57. The van der Waals surface area contributed by atoms with Crippen molar-refractivity contribution in [2.45, 2.75) is 0 Å². The molecule has 23 heavy (non-hydrogen) atoms. The van der Waals surface area contributed by atoms with Crippen LogP contribution < -0.4 is 5.32 Å². The summed E-state index contributed by atoms with van der Waals surface area (Å²) in [6.07, 6.45) is 1.78. The van der Waals surface area contributed by atoms with Crippen LogP contribution in [-0.2, 0) is 0 Å². The van der Waals surface area contributed by atoms with E-state index >= 15 is 0 Å². The van der Waals surface area contributed by atoms with Crippen LogP contribution in [-0.4, -0.2) is 26.3 Å². The lowest BCUT2D eigenvalue weighted by Gasteiger charge is -2.09. The number of H-pyrrole nitrogens is 1. The normalized spacial score (nSPS) is 11.0. The predicted octanol–water partition coefficient (Wildman–Crippen LogP) is 3.55. The minimum Gasteiger partial charge on any atom is -0.478 e. The number of rotatable bonds is 3. The van der Waals surface area contributed by atoms with Crippen LogP contribution in [0.15, 0.2) is 54.7 Å². The summed E-state index contributed by atoms with van der Waals surface area (Å²) in [5.41, 5.74) is 2.68. The van der Waals surface area contributed by atoms with Crippen molar-refractivity contribution in [3.8, 4) is 0 Å². The number of hydrogen-bond donors (Lipinski definition) is 3. The van der Waals surface area contributed by atoms with Crippen LogP contribution in [0.4, 0.5) is 11.5 Å². The maximum Gasteiger partial charge on any atom is 0.335 e. The van der Waals surface area contributed by atoms with Crippen molar-refractivity contribution < 1.29 is 9.90 Å². The molecule has 0 saturated carbocycles. The second kappa shape index (κ2) is 5.10. The SMILES string of the molecule is O=C(O)c1ccc(Nc2nc3ccccc3c3cn[nH]c23)cc1. The zero-order valence-corrected chi connectivity index (χ0v) is 11.9. The fourth-order valence-corrected chi connectivity index (χ4v) is 2.57. The molecule has 3 N–H and O–H groups in total. The first-order valence-electron chi connectivity index (χ1n) is 7.04. The van der Waals surface area contributed by atoms with Crippen LogP contribution in [0.2, 0.25) is 0 Å². The predicted molar refractivity (Wildman–Crippen MR) is 88.1 cm³/mol. The quantitative estimate of drug-likeness (QED) is 0.538. The van der Waals surface area contributed by atoms with Crippen LogP contribution in [0.1, 0.15) is 10.4 Å². The van der Waals surface area contributed by atoms with Crippen LogP contribution >= 0.6 is 0 Å². The first-order valence-corrected chi connectivity index (χ1v) is 7.04. The number of hydrogen-bond acceptors (Lipinski definition) is 4. The van der Waals surface area contributed by atoms with E-state index in [4.69, 9.17) is 5.11 Å². The summed E-state index contributed by atoms with van der Waals surface area (Å²) in [5.74, 6) is -0.296. The van der Waals surface area contributed by atoms with E-state index in [1.165, 1.54) is 0 Å². The number of nitrogens with one attached hydrogen (secondary N) is 2. The molecular formula is C17H12N4O2. The molecule has 112 valence electrons. The molecule has 2 heterocycles. The highest BCUT2D eigenvalue weighted by Crippen LogP contribution is 2.29. The van der Waals surface area contributed by atoms with Crippen LogP contribution in [0.25, 0.3) is 21.8 Å². The van der Waals surface area contributed by atoms with Crippen molar-refractivity contribution >= 4 is 39.3 Å². The summed E-state index contributed by atoms with van der Waals surface area (Å²) in [6, 6.07) is 14.4. The number of benzene rings is 2. The molecular weight excluding hydrogens is 292 g/mol. The van der Waals surface area contributed by atoms with Crippen molar-refractivity contribution in [1.82, 2.24) is 15.2 Å². The number of aromatic carboxylic acids is 1. The lowest BCUT2D eigenvalue weighted by Crippen LogP contribution is -1.98. The summed E-state index contributed by atoms with van der Waals surface area (Å²) >= 11 is 0. The monoisotopic (exact) mass is 304 g/mol. The van der Waals surface area contributed by atoms with E-state index in [-0.39, 0.29) is 5.56 Å². The molecule has 2 aromatic carbocycles. The number of fused-ring (bicyclic) bond motifs is 3. The molecule has 0 spiro atoms. The Labute approximate surface area is 130 Å². The first-order chi connectivity index (χ1) is 11.2. The molecule has 0 saturated heterocycles. The van der Waals surface area contributed by atoms with Gasteiger partial charge in [0.2, 0.25) is 0 Å². The third-order valence-corrected chi connectivity index (χ3v) is 3.70. The minimum absolute atomic E-state index is 0.244. The van der Waals surface area contributed by atoms with Gasteiger partial charge in [0.05, 0.1) is 17.3 Å². The number of pyridine rings is 1. The van der Waals surface area contributed by atoms with Crippen molar-refractivity contribution in [3.05, 3.63) is 60.3 Å². The van der Waals surface area contributed by atoms with Gasteiger partial charge in [0.1, 0.15) is 5.52 Å². The van der Waals surface area contributed by atoms with E-state index in [0.29, 0.717) is 5.82 Å². The third kappa shape index (κ3) is 2.26.